The number of rotatable bonds is 7. The zero-order valence-electron chi connectivity index (χ0n) is 17.1. The molecule has 1 amide bonds. The summed E-state index contributed by atoms with van der Waals surface area (Å²) in [5.41, 5.74) is 1.35. The predicted octanol–water partition coefficient (Wildman–Crippen LogP) is 2.11. The second kappa shape index (κ2) is 8.61. The van der Waals surface area contributed by atoms with Gasteiger partial charge in [0, 0.05) is 30.9 Å². The van der Waals surface area contributed by atoms with E-state index < -0.39 is 40.4 Å². The summed E-state index contributed by atoms with van der Waals surface area (Å²) in [6.07, 6.45) is -0.941. The molecule has 0 N–H and O–H groups in total. The first-order valence-corrected chi connectivity index (χ1v) is 10.7. The Morgan fingerprint density at radius 1 is 1.38 bits per heavy atom. The third-order valence-electron chi connectivity index (χ3n) is 5.25. The Hall–Kier alpha value is -3.41. The molecule has 3 aliphatic rings. The van der Waals surface area contributed by atoms with Crippen LogP contribution in [-0.4, -0.2) is 51.0 Å². The summed E-state index contributed by atoms with van der Waals surface area (Å²) in [6, 6.07) is 5.62. The van der Waals surface area contributed by atoms with Gasteiger partial charge in [-0.1, -0.05) is 5.16 Å². The standard InChI is InChI=1S/C20H19N3O8S/c1-10-7-15(31-21-10)17(30-11(2)24)16-18(25)22-14(9-32-19(16)22)20(26)29-8-12-3-5-13(6-4-12)23(27)28/h3-6,9,15-17,19H,7-8H2,1-2H3/t15?,16-,17?,19+/m0/s1. The van der Waals surface area contributed by atoms with Gasteiger partial charge in [0.05, 0.1) is 10.6 Å². The maximum atomic E-state index is 12.9. The van der Waals surface area contributed by atoms with Gasteiger partial charge in [0.15, 0.2) is 12.2 Å². The quantitative estimate of drug-likeness (QED) is 0.259. The number of oxime groups is 1. The molecule has 0 aliphatic carbocycles. The molecule has 4 atom stereocenters. The molecule has 12 heteroatoms. The molecule has 1 aromatic carbocycles. The number of hydrogen-bond donors (Lipinski definition) is 0. The van der Waals surface area contributed by atoms with Crippen LogP contribution in [0.1, 0.15) is 25.8 Å². The van der Waals surface area contributed by atoms with Crippen LogP contribution in [0.25, 0.3) is 0 Å². The highest BCUT2D eigenvalue weighted by Crippen LogP contribution is 2.48. The summed E-state index contributed by atoms with van der Waals surface area (Å²) >= 11 is 1.27. The number of hydrogen-bond acceptors (Lipinski definition) is 10. The number of carbonyl (C=O) groups is 3. The van der Waals surface area contributed by atoms with E-state index in [4.69, 9.17) is 14.3 Å². The molecule has 32 heavy (non-hydrogen) atoms. The number of non-ortho nitro benzene ring substituents is 1. The number of β-lactam (4-membered cyclic amide) rings is 1. The number of fused-ring (bicyclic) bond motifs is 1. The molecule has 0 radical (unpaired) electrons. The van der Waals surface area contributed by atoms with E-state index in [9.17, 15) is 24.5 Å². The van der Waals surface area contributed by atoms with Crippen molar-refractivity contribution >= 4 is 41.0 Å². The maximum absolute atomic E-state index is 12.9. The number of nitrogens with zero attached hydrogens (tertiary/aromatic N) is 3. The molecule has 0 bridgehead atoms. The van der Waals surface area contributed by atoms with Crippen LogP contribution in [0.5, 0.6) is 0 Å². The van der Waals surface area contributed by atoms with E-state index in [1.165, 1.54) is 47.9 Å². The second-order valence-electron chi connectivity index (χ2n) is 7.51. The number of benzene rings is 1. The van der Waals surface area contributed by atoms with Crippen LogP contribution in [0.15, 0.2) is 40.5 Å². The van der Waals surface area contributed by atoms with Gasteiger partial charge in [-0.3, -0.25) is 24.6 Å². The second-order valence-corrected chi connectivity index (χ2v) is 8.50. The molecule has 2 unspecified atom stereocenters. The maximum Gasteiger partial charge on any atom is 0.355 e. The van der Waals surface area contributed by atoms with E-state index in [0.29, 0.717) is 12.0 Å². The molecule has 0 saturated carbocycles. The fraction of sp³-hybridized carbons (Fsp3) is 0.400. The number of nitro groups is 1. The Morgan fingerprint density at radius 2 is 2.09 bits per heavy atom. The number of ether oxygens (including phenoxy) is 2. The van der Waals surface area contributed by atoms with Gasteiger partial charge in [-0.05, 0) is 24.6 Å². The lowest BCUT2D eigenvalue weighted by Crippen LogP contribution is -2.64. The molecule has 1 fully saturated rings. The van der Waals surface area contributed by atoms with Crippen molar-refractivity contribution in [1.82, 2.24) is 4.90 Å². The largest absolute Gasteiger partial charge is 0.457 e. The van der Waals surface area contributed by atoms with Gasteiger partial charge in [-0.2, -0.15) is 0 Å². The Bertz CT molecular complexity index is 1040. The van der Waals surface area contributed by atoms with Gasteiger partial charge < -0.3 is 14.3 Å². The number of esters is 2. The first-order valence-electron chi connectivity index (χ1n) is 9.72. The van der Waals surface area contributed by atoms with Crippen molar-refractivity contribution in [2.75, 3.05) is 0 Å². The lowest BCUT2D eigenvalue weighted by atomic mass is 9.86. The smallest absolute Gasteiger partial charge is 0.355 e. The molecule has 4 rings (SSSR count). The third kappa shape index (κ3) is 4.05. The molecule has 1 aromatic rings. The van der Waals surface area contributed by atoms with Crippen LogP contribution in [-0.2, 0) is 35.3 Å². The Labute approximate surface area is 186 Å². The summed E-state index contributed by atoms with van der Waals surface area (Å²) in [4.78, 5) is 53.9. The van der Waals surface area contributed by atoms with Gasteiger partial charge >= 0.3 is 11.9 Å². The van der Waals surface area contributed by atoms with Gasteiger partial charge in [0.25, 0.3) is 5.69 Å². The van der Waals surface area contributed by atoms with Gasteiger partial charge in [-0.25, -0.2) is 4.79 Å². The van der Waals surface area contributed by atoms with Gasteiger partial charge in [0.2, 0.25) is 5.91 Å². The van der Waals surface area contributed by atoms with E-state index in [0.717, 1.165) is 5.71 Å². The van der Waals surface area contributed by atoms with Gasteiger partial charge in [0.1, 0.15) is 23.6 Å². The highest BCUT2D eigenvalue weighted by atomic mass is 32.2. The Kier molecular flexibility index (Phi) is 5.87. The number of nitro benzene ring substituents is 1. The zero-order valence-corrected chi connectivity index (χ0v) is 17.9. The monoisotopic (exact) mass is 461 g/mol. The minimum Gasteiger partial charge on any atom is -0.457 e. The molecule has 3 heterocycles. The zero-order chi connectivity index (χ0) is 23.0. The van der Waals surface area contributed by atoms with Crippen molar-refractivity contribution in [2.45, 2.75) is 44.5 Å². The van der Waals surface area contributed by atoms with Crippen LogP contribution in [0.3, 0.4) is 0 Å². The number of amides is 1. The summed E-state index contributed by atoms with van der Waals surface area (Å²) in [5, 5.41) is 15.7. The van der Waals surface area contributed by atoms with Crippen LogP contribution in [0.2, 0.25) is 0 Å². The van der Waals surface area contributed by atoms with Crippen molar-refractivity contribution in [3.8, 4) is 0 Å². The summed E-state index contributed by atoms with van der Waals surface area (Å²) in [5.74, 6) is -2.26. The summed E-state index contributed by atoms with van der Waals surface area (Å²) in [6.45, 7) is 2.94. The summed E-state index contributed by atoms with van der Waals surface area (Å²) < 4.78 is 10.7. The Morgan fingerprint density at radius 3 is 2.69 bits per heavy atom. The van der Waals surface area contributed by atoms with Gasteiger partial charge in [-0.15, -0.1) is 11.8 Å². The molecule has 168 valence electrons. The minimum atomic E-state index is -0.821. The number of carbonyl (C=O) groups excluding carboxylic acids is 3. The van der Waals surface area contributed by atoms with Crippen molar-refractivity contribution in [1.29, 1.82) is 0 Å². The van der Waals surface area contributed by atoms with Crippen molar-refractivity contribution in [3.05, 3.63) is 51.0 Å². The van der Waals surface area contributed by atoms with Crippen molar-refractivity contribution in [2.24, 2.45) is 11.1 Å². The topological polar surface area (TPSA) is 138 Å². The van der Waals surface area contributed by atoms with E-state index in [-0.39, 0.29) is 23.9 Å². The van der Waals surface area contributed by atoms with E-state index in [1.807, 2.05) is 0 Å². The Balaban J connectivity index is 1.38. The third-order valence-corrected chi connectivity index (χ3v) is 6.39. The molecule has 11 nitrogen and oxygen atoms in total. The first kappa shape index (κ1) is 21.8. The molecule has 3 aliphatic heterocycles. The number of thioether (sulfide) groups is 1. The van der Waals surface area contributed by atoms with E-state index in [1.54, 1.807) is 12.3 Å². The van der Waals surface area contributed by atoms with E-state index >= 15 is 0 Å². The SMILES string of the molecule is CC(=O)OC(C1CC(C)=NO1)[C@H]1C(=O)N2C(C(=O)OCc3ccc([N+](=O)[O-])cc3)=CS[C@H]12. The molecule has 1 saturated heterocycles. The molecule has 0 aromatic heterocycles. The molecule has 0 spiro atoms. The fourth-order valence-electron chi connectivity index (χ4n) is 3.74. The van der Waals surface area contributed by atoms with Crippen LogP contribution in [0.4, 0.5) is 5.69 Å². The average molecular weight is 461 g/mol. The predicted molar refractivity (Wildman–Crippen MR) is 111 cm³/mol. The normalized spacial score (nSPS) is 24.5. The van der Waals surface area contributed by atoms with Crippen molar-refractivity contribution < 1.29 is 33.6 Å². The van der Waals surface area contributed by atoms with Crippen molar-refractivity contribution in [3.63, 3.8) is 0 Å². The molecular weight excluding hydrogens is 442 g/mol. The lowest BCUT2D eigenvalue weighted by Gasteiger charge is -2.46. The molecular formula is C20H19N3O8S. The van der Waals surface area contributed by atoms with Crippen LogP contribution >= 0.6 is 11.8 Å². The fourth-order valence-corrected chi connectivity index (χ4v) is 4.99. The summed E-state index contributed by atoms with van der Waals surface area (Å²) in [7, 11) is 0. The minimum absolute atomic E-state index is 0.0655. The highest BCUT2D eigenvalue weighted by molar-refractivity contribution is 8.03. The first-order chi connectivity index (χ1) is 15.3. The average Bonchev–Trinajstić information content (AvgIpc) is 3.35. The lowest BCUT2D eigenvalue weighted by molar-refractivity contribution is -0.384. The van der Waals surface area contributed by atoms with Crippen LogP contribution in [0, 0.1) is 16.0 Å². The van der Waals surface area contributed by atoms with Crippen LogP contribution < -0.4 is 0 Å². The highest BCUT2D eigenvalue weighted by Gasteiger charge is 2.60. The van der Waals surface area contributed by atoms with E-state index in [2.05, 4.69) is 5.16 Å².